The Balaban J connectivity index is 1.44. The van der Waals surface area contributed by atoms with Crippen molar-refractivity contribution in [3.05, 3.63) is 0 Å². The molecule has 150 valence electrons. The lowest BCUT2D eigenvalue weighted by Crippen LogP contribution is -3.14. The number of rotatable bonds is 6. The van der Waals surface area contributed by atoms with Gasteiger partial charge in [0.1, 0.15) is 13.1 Å². The van der Waals surface area contributed by atoms with E-state index in [1.165, 1.54) is 0 Å². The standard InChI is InChI=1S/C17H29N7O3/c1(2-22-3-9-25-10-4-22)18-15-19-16(23-5-11-26-12-6-23)21-17(20-15)24-7-13-27-14-8-24/h1-14H2,(H,18,19,20,21)/p+1. The van der Waals surface area contributed by atoms with E-state index in [0.717, 1.165) is 77.5 Å². The highest BCUT2D eigenvalue weighted by molar-refractivity contribution is 5.45. The van der Waals surface area contributed by atoms with Crippen molar-refractivity contribution >= 4 is 17.8 Å². The molecule has 1 aromatic heterocycles. The molecule has 0 bridgehead atoms. The van der Waals surface area contributed by atoms with Crippen LogP contribution in [-0.2, 0) is 14.2 Å². The second-order valence-corrected chi connectivity index (χ2v) is 7.00. The smallest absolute Gasteiger partial charge is 0.232 e. The SMILES string of the molecule is C(C[NH+]1CCOCC1)Nc1nc(N2CCOCC2)nc(N2CCOCC2)n1. The van der Waals surface area contributed by atoms with Gasteiger partial charge in [-0.3, -0.25) is 0 Å². The first kappa shape index (κ1) is 18.6. The van der Waals surface area contributed by atoms with Gasteiger partial charge in [-0.2, -0.15) is 15.0 Å². The number of quaternary nitrogens is 1. The zero-order chi connectivity index (χ0) is 18.3. The van der Waals surface area contributed by atoms with Crippen LogP contribution in [0.1, 0.15) is 0 Å². The quantitative estimate of drug-likeness (QED) is 0.575. The number of morpholine rings is 3. The number of anilines is 3. The highest BCUT2D eigenvalue weighted by atomic mass is 16.5. The van der Waals surface area contributed by atoms with Crippen molar-refractivity contribution in [1.29, 1.82) is 0 Å². The van der Waals surface area contributed by atoms with Crippen LogP contribution in [0.5, 0.6) is 0 Å². The minimum absolute atomic E-state index is 0.653. The third kappa shape index (κ3) is 5.16. The molecule has 0 aromatic carbocycles. The van der Waals surface area contributed by atoms with E-state index in [-0.39, 0.29) is 0 Å². The molecular formula is C17H30N7O3+. The van der Waals surface area contributed by atoms with Crippen molar-refractivity contribution in [3.63, 3.8) is 0 Å². The fourth-order valence-electron chi connectivity index (χ4n) is 3.50. The molecule has 0 radical (unpaired) electrons. The van der Waals surface area contributed by atoms with E-state index in [1.54, 1.807) is 4.90 Å². The molecule has 3 aliphatic heterocycles. The van der Waals surface area contributed by atoms with E-state index in [0.29, 0.717) is 32.4 Å². The van der Waals surface area contributed by atoms with E-state index >= 15 is 0 Å². The number of nitrogens with zero attached hydrogens (tertiary/aromatic N) is 5. The molecule has 3 fully saturated rings. The van der Waals surface area contributed by atoms with Crippen LogP contribution in [0.15, 0.2) is 0 Å². The van der Waals surface area contributed by atoms with Gasteiger partial charge in [0.2, 0.25) is 17.8 Å². The van der Waals surface area contributed by atoms with E-state index in [4.69, 9.17) is 19.2 Å². The predicted octanol–water partition coefficient (Wildman–Crippen LogP) is -2.13. The van der Waals surface area contributed by atoms with Gasteiger partial charge in [-0.1, -0.05) is 0 Å². The first-order valence-corrected chi connectivity index (χ1v) is 9.95. The third-order valence-electron chi connectivity index (χ3n) is 5.16. The Morgan fingerprint density at radius 1 is 0.741 bits per heavy atom. The maximum atomic E-state index is 5.46. The number of hydrogen-bond acceptors (Lipinski definition) is 9. The molecule has 0 amide bonds. The normalized spacial score (nSPS) is 22.1. The fraction of sp³-hybridized carbons (Fsp3) is 0.824. The van der Waals surface area contributed by atoms with E-state index in [9.17, 15) is 0 Å². The van der Waals surface area contributed by atoms with Crippen LogP contribution in [0.4, 0.5) is 17.8 Å². The Kier molecular flexibility index (Phi) is 6.51. The minimum atomic E-state index is 0.653. The van der Waals surface area contributed by atoms with Crippen LogP contribution in [0.2, 0.25) is 0 Å². The average molecular weight is 380 g/mol. The van der Waals surface area contributed by atoms with Gasteiger partial charge >= 0.3 is 0 Å². The zero-order valence-corrected chi connectivity index (χ0v) is 15.9. The topological polar surface area (TPSA) is 89.3 Å². The number of nitrogens with one attached hydrogen (secondary N) is 2. The molecule has 4 heterocycles. The molecule has 0 saturated carbocycles. The lowest BCUT2D eigenvalue weighted by molar-refractivity contribution is -0.906. The number of ether oxygens (including phenoxy) is 3. The van der Waals surface area contributed by atoms with Gasteiger partial charge in [0.15, 0.2) is 0 Å². The van der Waals surface area contributed by atoms with Gasteiger partial charge in [-0.25, -0.2) is 0 Å². The molecule has 27 heavy (non-hydrogen) atoms. The maximum Gasteiger partial charge on any atom is 0.232 e. The molecule has 10 nitrogen and oxygen atoms in total. The van der Waals surface area contributed by atoms with Crippen molar-refractivity contribution in [1.82, 2.24) is 15.0 Å². The van der Waals surface area contributed by atoms with Crippen LogP contribution in [0, 0.1) is 0 Å². The monoisotopic (exact) mass is 380 g/mol. The minimum Gasteiger partial charge on any atom is -0.378 e. The van der Waals surface area contributed by atoms with Crippen LogP contribution >= 0.6 is 0 Å². The molecule has 3 saturated heterocycles. The number of aromatic nitrogens is 3. The molecule has 3 aliphatic rings. The van der Waals surface area contributed by atoms with E-state index < -0.39 is 0 Å². The first-order valence-electron chi connectivity index (χ1n) is 9.95. The second kappa shape index (κ2) is 9.45. The van der Waals surface area contributed by atoms with Gasteiger partial charge in [-0.05, 0) is 0 Å². The summed E-state index contributed by atoms with van der Waals surface area (Å²) in [6.07, 6.45) is 0. The molecule has 0 spiro atoms. The highest BCUT2D eigenvalue weighted by Gasteiger charge is 2.21. The maximum absolute atomic E-state index is 5.46. The lowest BCUT2D eigenvalue weighted by Gasteiger charge is -2.30. The molecule has 0 unspecified atom stereocenters. The summed E-state index contributed by atoms with van der Waals surface area (Å²) in [4.78, 5) is 20.0. The van der Waals surface area contributed by atoms with Gasteiger partial charge in [0, 0.05) is 26.2 Å². The van der Waals surface area contributed by atoms with Crippen LogP contribution in [0.3, 0.4) is 0 Å². The van der Waals surface area contributed by atoms with Crippen molar-refractivity contribution in [2.24, 2.45) is 0 Å². The van der Waals surface area contributed by atoms with Gasteiger partial charge in [-0.15, -0.1) is 0 Å². The Morgan fingerprint density at radius 2 is 1.26 bits per heavy atom. The van der Waals surface area contributed by atoms with Gasteiger partial charge < -0.3 is 34.2 Å². The second-order valence-electron chi connectivity index (χ2n) is 7.00. The lowest BCUT2D eigenvalue weighted by atomic mass is 10.4. The number of hydrogen-bond donors (Lipinski definition) is 2. The summed E-state index contributed by atoms with van der Waals surface area (Å²) in [5, 5.41) is 3.41. The summed E-state index contributed by atoms with van der Waals surface area (Å²) >= 11 is 0. The predicted molar refractivity (Wildman–Crippen MR) is 101 cm³/mol. The van der Waals surface area contributed by atoms with Gasteiger partial charge in [0.25, 0.3) is 0 Å². The molecule has 1 aromatic rings. The summed E-state index contributed by atoms with van der Waals surface area (Å²) in [5.41, 5.74) is 0. The highest BCUT2D eigenvalue weighted by Crippen LogP contribution is 2.18. The van der Waals surface area contributed by atoms with E-state index in [2.05, 4.69) is 25.1 Å². The summed E-state index contributed by atoms with van der Waals surface area (Å²) < 4.78 is 16.3. The average Bonchev–Trinajstić information content (AvgIpc) is 2.76. The summed E-state index contributed by atoms with van der Waals surface area (Å²) in [7, 11) is 0. The Bertz CT molecular complexity index is 552. The molecule has 2 N–H and O–H groups in total. The van der Waals surface area contributed by atoms with Crippen molar-refractivity contribution in [2.45, 2.75) is 0 Å². The zero-order valence-electron chi connectivity index (χ0n) is 15.9. The van der Waals surface area contributed by atoms with Gasteiger partial charge in [0.05, 0.1) is 52.7 Å². The van der Waals surface area contributed by atoms with Crippen molar-refractivity contribution in [2.75, 3.05) is 107 Å². The largest absolute Gasteiger partial charge is 0.378 e. The molecular weight excluding hydrogens is 350 g/mol. The fourth-order valence-corrected chi connectivity index (χ4v) is 3.50. The summed E-state index contributed by atoms with van der Waals surface area (Å²) in [5.74, 6) is 2.12. The van der Waals surface area contributed by atoms with E-state index in [1.807, 2.05) is 0 Å². The van der Waals surface area contributed by atoms with Crippen LogP contribution in [0.25, 0.3) is 0 Å². The first-order chi connectivity index (χ1) is 13.4. The third-order valence-corrected chi connectivity index (χ3v) is 5.16. The van der Waals surface area contributed by atoms with Crippen LogP contribution < -0.4 is 20.0 Å². The Labute approximate surface area is 159 Å². The molecule has 4 rings (SSSR count). The van der Waals surface area contributed by atoms with Crippen molar-refractivity contribution in [3.8, 4) is 0 Å². The summed E-state index contributed by atoms with van der Waals surface area (Å²) in [6.45, 7) is 11.8. The van der Waals surface area contributed by atoms with Crippen LogP contribution in [-0.4, -0.2) is 107 Å². The summed E-state index contributed by atoms with van der Waals surface area (Å²) in [6, 6.07) is 0. The molecule has 0 aliphatic carbocycles. The Hall–Kier alpha value is -1.75. The van der Waals surface area contributed by atoms with Crippen molar-refractivity contribution < 1.29 is 19.1 Å². The molecule has 10 heteroatoms. The Morgan fingerprint density at radius 3 is 1.81 bits per heavy atom. The molecule has 0 atom stereocenters.